The predicted octanol–water partition coefficient (Wildman–Crippen LogP) is 4.13. The van der Waals surface area contributed by atoms with Gasteiger partial charge in [0.2, 0.25) is 0 Å². The van der Waals surface area contributed by atoms with E-state index >= 15 is 0 Å². The Morgan fingerprint density at radius 3 is 2.10 bits per heavy atom. The van der Waals surface area contributed by atoms with Crippen LogP contribution in [0, 0.1) is 0 Å². The zero-order valence-corrected chi connectivity index (χ0v) is 12.6. The number of ether oxygens (including phenoxy) is 1. The van der Waals surface area contributed by atoms with Crippen molar-refractivity contribution in [3.8, 4) is 11.1 Å². The van der Waals surface area contributed by atoms with E-state index in [4.69, 9.17) is 4.74 Å². The van der Waals surface area contributed by atoms with Crippen LogP contribution < -0.4 is 0 Å². The Morgan fingerprint density at radius 2 is 1.55 bits per heavy atom. The minimum atomic E-state index is -0.149. The van der Waals surface area contributed by atoms with E-state index in [-0.39, 0.29) is 11.9 Å². The summed E-state index contributed by atoms with van der Waals surface area (Å²) in [6.07, 6.45) is 0.413. The Morgan fingerprint density at radius 1 is 1.00 bits per heavy atom. The van der Waals surface area contributed by atoms with Crippen molar-refractivity contribution in [2.45, 2.75) is 12.3 Å². The molecule has 102 valence electrons. The highest BCUT2D eigenvalue weighted by Gasteiger charge is 2.28. The van der Waals surface area contributed by atoms with E-state index < -0.39 is 0 Å². The lowest BCUT2D eigenvalue weighted by Crippen LogP contribution is -2.12. The lowest BCUT2D eigenvalue weighted by Gasteiger charge is -2.13. The van der Waals surface area contributed by atoms with Crippen molar-refractivity contribution in [2.24, 2.45) is 0 Å². The lowest BCUT2D eigenvalue weighted by molar-refractivity contribution is -0.143. The number of halogens is 1. The smallest absolute Gasteiger partial charge is 0.306 e. The summed E-state index contributed by atoms with van der Waals surface area (Å²) < 4.78 is 5.41. The van der Waals surface area contributed by atoms with Crippen LogP contribution in [0.3, 0.4) is 0 Å². The maximum Gasteiger partial charge on any atom is 0.306 e. The number of carbonyl (C=O) groups excluding carboxylic acids is 1. The van der Waals surface area contributed by atoms with E-state index in [1.807, 2.05) is 12.1 Å². The first-order valence-electron chi connectivity index (χ1n) is 6.71. The Hall–Kier alpha value is -1.61. The standard InChI is InChI=1S/C17H15BrO2/c18-10-9-17(19)20-11-16-14-7-3-1-5-12(14)13-6-2-4-8-15(13)16/h1-8,16H,9-11H2. The molecule has 2 aromatic carbocycles. The van der Waals surface area contributed by atoms with Gasteiger partial charge in [0.25, 0.3) is 0 Å². The van der Waals surface area contributed by atoms with Crippen molar-refractivity contribution in [1.29, 1.82) is 0 Å². The molecule has 0 heterocycles. The molecule has 3 rings (SSSR count). The molecule has 0 amide bonds. The molecule has 0 spiro atoms. The molecule has 0 saturated carbocycles. The van der Waals surface area contributed by atoms with Crippen LogP contribution in [0.4, 0.5) is 0 Å². The normalized spacial score (nSPS) is 12.8. The fraction of sp³-hybridized carbons (Fsp3) is 0.235. The van der Waals surface area contributed by atoms with Gasteiger partial charge in [0.05, 0.1) is 6.42 Å². The van der Waals surface area contributed by atoms with Crippen molar-refractivity contribution in [2.75, 3.05) is 11.9 Å². The van der Waals surface area contributed by atoms with Gasteiger partial charge in [-0.25, -0.2) is 0 Å². The highest BCUT2D eigenvalue weighted by atomic mass is 79.9. The van der Waals surface area contributed by atoms with Crippen LogP contribution in [0.2, 0.25) is 0 Å². The summed E-state index contributed by atoms with van der Waals surface area (Å²) in [5.74, 6) is 0.00501. The minimum Gasteiger partial charge on any atom is -0.465 e. The molecule has 3 heteroatoms. The predicted molar refractivity (Wildman–Crippen MR) is 83.1 cm³/mol. The molecule has 0 N–H and O–H groups in total. The van der Waals surface area contributed by atoms with Crippen LogP contribution in [-0.4, -0.2) is 17.9 Å². The van der Waals surface area contributed by atoms with E-state index in [1.165, 1.54) is 22.3 Å². The second-order valence-electron chi connectivity index (χ2n) is 4.85. The monoisotopic (exact) mass is 330 g/mol. The van der Waals surface area contributed by atoms with Gasteiger partial charge in [-0.15, -0.1) is 0 Å². The molecule has 0 bridgehead atoms. The molecule has 2 nitrogen and oxygen atoms in total. The van der Waals surface area contributed by atoms with Gasteiger partial charge >= 0.3 is 5.97 Å². The quantitative estimate of drug-likeness (QED) is 0.622. The SMILES string of the molecule is O=C(CCBr)OCC1c2ccccc2-c2ccccc21. The van der Waals surface area contributed by atoms with Gasteiger partial charge in [0.15, 0.2) is 0 Å². The molecular weight excluding hydrogens is 316 g/mol. The zero-order chi connectivity index (χ0) is 13.9. The molecule has 20 heavy (non-hydrogen) atoms. The Bertz CT molecular complexity index is 591. The summed E-state index contributed by atoms with van der Waals surface area (Å²) in [5, 5.41) is 0.643. The molecule has 0 saturated heterocycles. The average molecular weight is 331 g/mol. The van der Waals surface area contributed by atoms with Gasteiger partial charge < -0.3 is 4.74 Å². The van der Waals surface area contributed by atoms with Gasteiger partial charge in [-0.2, -0.15) is 0 Å². The second-order valence-corrected chi connectivity index (χ2v) is 5.64. The van der Waals surface area contributed by atoms with Crippen molar-refractivity contribution >= 4 is 21.9 Å². The summed E-state index contributed by atoms with van der Waals surface area (Å²) in [4.78, 5) is 11.6. The van der Waals surface area contributed by atoms with E-state index in [9.17, 15) is 4.79 Å². The third-order valence-electron chi connectivity index (χ3n) is 3.67. The van der Waals surface area contributed by atoms with E-state index in [2.05, 4.69) is 52.3 Å². The molecule has 1 aliphatic rings. The van der Waals surface area contributed by atoms with Crippen LogP contribution in [0.1, 0.15) is 23.5 Å². The summed E-state index contributed by atoms with van der Waals surface area (Å²) in [5.41, 5.74) is 5.01. The Balaban J connectivity index is 1.89. The van der Waals surface area contributed by atoms with Crippen LogP contribution in [-0.2, 0) is 9.53 Å². The van der Waals surface area contributed by atoms with Crippen LogP contribution >= 0.6 is 15.9 Å². The van der Waals surface area contributed by atoms with E-state index in [1.54, 1.807) is 0 Å². The number of fused-ring (bicyclic) bond motifs is 3. The minimum absolute atomic E-state index is 0.149. The van der Waals surface area contributed by atoms with Gasteiger partial charge in [0, 0.05) is 11.2 Å². The molecule has 0 fully saturated rings. The average Bonchev–Trinajstić information content (AvgIpc) is 2.80. The van der Waals surface area contributed by atoms with Gasteiger partial charge in [0.1, 0.15) is 6.61 Å². The fourth-order valence-electron chi connectivity index (χ4n) is 2.76. The summed E-state index contributed by atoms with van der Waals surface area (Å²) in [6.45, 7) is 0.417. The van der Waals surface area contributed by atoms with Crippen molar-refractivity contribution in [1.82, 2.24) is 0 Å². The van der Waals surface area contributed by atoms with Crippen molar-refractivity contribution in [3.63, 3.8) is 0 Å². The molecular formula is C17H15BrO2. The van der Waals surface area contributed by atoms with Crippen LogP contribution in [0.25, 0.3) is 11.1 Å². The van der Waals surface area contributed by atoms with Crippen LogP contribution in [0.15, 0.2) is 48.5 Å². The zero-order valence-electron chi connectivity index (χ0n) is 11.0. The largest absolute Gasteiger partial charge is 0.465 e. The van der Waals surface area contributed by atoms with Gasteiger partial charge in [-0.05, 0) is 22.3 Å². The maximum atomic E-state index is 11.6. The summed E-state index contributed by atoms with van der Waals surface area (Å²) in [7, 11) is 0. The number of benzene rings is 2. The van der Waals surface area contributed by atoms with Crippen LogP contribution in [0.5, 0.6) is 0 Å². The first-order chi connectivity index (χ1) is 9.81. The Labute approximate surface area is 126 Å². The number of hydrogen-bond donors (Lipinski definition) is 0. The first kappa shape index (κ1) is 13.4. The number of esters is 1. The highest BCUT2D eigenvalue weighted by Crippen LogP contribution is 2.44. The topological polar surface area (TPSA) is 26.3 Å². The molecule has 0 atom stereocenters. The molecule has 0 unspecified atom stereocenters. The second kappa shape index (κ2) is 5.80. The lowest BCUT2D eigenvalue weighted by atomic mass is 9.98. The maximum absolute atomic E-state index is 11.6. The third-order valence-corrected chi connectivity index (χ3v) is 4.07. The van der Waals surface area contributed by atoms with E-state index in [0.717, 1.165) is 0 Å². The Kier molecular flexibility index (Phi) is 3.88. The van der Waals surface area contributed by atoms with Crippen molar-refractivity contribution in [3.05, 3.63) is 59.7 Å². The molecule has 0 aromatic heterocycles. The number of carbonyl (C=O) groups is 1. The van der Waals surface area contributed by atoms with Crippen molar-refractivity contribution < 1.29 is 9.53 Å². The molecule has 2 aromatic rings. The third kappa shape index (κ3) is 2.38. The van der Waals surface area contributed by atoms with Gasteiger partial charge in [-0.1, -0.05) is 64.5 Å². The summed E-state index contributed by atoms with van der Waals surface area (Å²) >= 11 is 3.25. The first-order valence-corrected chi connectivity index (χ1v) is 7.83. The fourth-order valence-corrected chi connectivity index (χ4v) is 3.09. The number of alkyl halides is 1. The molecule has 0 aliphatic heterocycles. The highest BCUT2D eigenvalue weighted by molar-refractivity contribution is 9.09. The summed E-state index contributed by atoms with van der Waals surface area (Å²) in [6, 6.07) is 16.7. The number of rotatable bonds is 4. The number of hydrogen-bond acceptors (Lipinski definition) is 2. The molecule has 1 aliphatic carbocycles. The van der Waals surface area contributed by atoms with Gasteiger partial charge in [-0.3, -0.25) is 4.79 Å². The van der Waals surface area contributed by atoms with E-state index in [0.29, 0.717) is 18.4 Å². The molecule has 0 radical (unpaired) electrons.